The molecule has 5 nitrogen and oxygen atoms in total. The van der Waals surface area contributed by atoms with Gasteiger partial charge in [0.1, 0.15) is 5.69 Å². The molecule has 0 aliphatic rings. The molecule has 0 atom stereocenters. The van der Waals surface area contributed by atoms with Crippen LogP contribution in [0.15, 0.2) is 71.8 Å². The predicted molar refractivity (Wildman–Crippen MR) is 69.9 cm³/mol. The molecule has 0 fully saturated rings. The number of H-pyrrole nitrogens is 1. The summed E-state index contributed by atoms with van der Waals surface area (Å²) < 4.78 is 3.28. The van der Waals surface area contributed by atoms with Crippen LogP contribution in [0, 0.1) is 0 Å². The van der Waals surface area contributed by atoms with Crippen LogP contribution in [0.4, 0.5) is 0 Å². The van der Waals surface area contributed by atoms with Gasteiger partial charge < -0.3 is 5.48 Å². The highest BCUT2D eigenvalue weighted by Crippen LogP contribution is 2.02. The molecular formula is C14H13N3O2. The topological polar surface area (TPSA) is 71.7 Å². The van der Waals surface area contributed by atoms with E-state index in [0.29, 0.717) is 0 Å². The normalized spacial score (nSPS) is 9.89. The lowest BCUT2D eigenvalue weighted by molar-refractivity contribution is -0.658. The van der Waals surface area contributed by atoms with Crippen LogP contribution >= 0.6 is 0 Å². The van der Waals surface area contributed by atoms with E-state index in [0.717, 1.165) is 11.4 Å². The first kappa shape index (κ1) is 12.8. The van der Waals surface area contributed by atoms with Gasteiger partial charge in [0.05, 0.1) is 0 Å². The van der Waals surface area contributed by atoms with Crippen LogP contribution in [0.3, 0.4) is 0 Å². The highest BCUT2D eigenvalue weighted by molar-refractivity contribution is 5.30. The zero-order chi connectivity index (χ0) is 12.4. The van der Waals surface area contributed by atoms with Gasteiger partial charge in [0.25, 0.3) is 6.33 Å². The van der Waals surface area contributed by atoms with E-state index < -0.39 is 0 Å². The van der Waals surface area contributed by atoms with Crippen molar-refractivity contribution in [3.8, 4) is 11.4 Å². The van der Waals surface area contributed by atoms with E-state index in [1.54, 1.807) is 15.6 Å². The van der Waals surface area contributed by atoms with Crippen molar-refractivity contribution < 1.29 is 10.2 Å². The quantitative estimate of drug-likeness (QED) is 0.700. The minimum atomic E-state index is -0.162. The molecule has 5 heteroatoms. The van der Waals surface area contributed by atoms with Gasteiger partial charge in [-0.1, -0.05) is 36.4 Å². The molecule has 0 bridgehead atoms. The van der Waals surface area contributed by atoms with Crippen LogP contribution in [0.25, 0.3) is 11.4 Å². The van der Waals surface area contributed by atoms with Crippen LogP contribution in [-0.4, -0.2) is 15.1 Å². The van der Waals surface area contributed by atoms with Gasteiger partial charge in [0.15, 0.2) is 5.69 Å². The summed E-state index contributed by atoms with van der Waals surface area (Å²) >= 11 is 0. The fraction of sp³-hybridized carbons (Fsp3) is 0. The predicted octanol–water partition coefficient (Wildman–Crippen LogP) is 1.27. The third-order valence-electron chi connectivity index (χ3n) is 2.73. The molecule has 2 N–H and O–H groups in total. The van der Waals surface area contributed by atoms with Crippen molar-refractivity contribution in [2.45, 2.75) is 0 Å². The highest BCUT2D eigenvalue weighted by Gasteiger charge is 2.13. The van der Waals surface area contributed by atoms with E-state index in [9.17, 15) is 4.79 Å². The third-order valence-corrected chi connectivity index (χ3v) is 2.73. The third kappa shape index (κ3) is 2.46. The summed E-state index contributed by atoms with van der Waals surface area (Å²) in [5, 5.41) is 2.78. The molecule has 96 valence electrons. The van der Waals surface area contributed by atoms with Gasteiger partial charge in [-0.2, -0.15) is 0 Å². The molecule has 0 unspecified atom stereocenters. The van der Waals surface area contributed by atoms with E-state index in [-0.39, 0.29) is 11.2 Å². The number of aromatic nitrogens is 3. The van der Waals surface area contributed by atoms with Crippen molar-refractivity contribution >= 4 is 0 Å². The number of benzene rings is 2. The number of nitrogens with one attached hydrogen (secondary N) is 1. The number of hydrogen-bond donors (Lipinski definition) is 1. The summed E-state index contributed by atoms with van der Waals surface area (Å²) in [6, 6.07) is 19.2. The van der Waals surface area contributed by atoms with Crippen molar-refractivity contribution in [1.29, 1.82) is 0 Å². The molecule has 2 aromatic carbocycles. The Morgan fingerprint density at radius 3 is 2.11 bits per heavy atom. The van der Waals surface area contributed by atoms with E-state index in [1.165, 1.54) is 0 Å². The molecule has 3 aromatic rings. The van der Waals surface area contributed by atoms with Crippen LogP contribution in [0.2, 0.25) is 0 Å². The molecule has 0 saturated heterocycles. The Morgan fingerprint density at radius 2 is 1.47 bits per heavy atom. The Labute approximate surface area is 109 Å². The highest BCUT2D eigenvalue weighted by atomic mass is 16.1. The zero-order valence-corrected chi connectivity index (χ0v) is 10.1. The number of para-hydroxylation sites is 2. The van der Waals surface area contributed by atoms with Crippen LogP contribution in [-0.2, 0) is 0 Å². The summed E-state index contributed by atoms with van der Waals surface area (Å²) in [5.41, 5.74) is 1.60. The second-order valence-electron chi connectivity index (χ2n) is 3.94. The number of hydrogen-bond acceptors (Lipinski definition) is 2. The number of nitrogens with zero attached hydrogens (tertiary/aromatic N) is 2. The Bertz CT molecular complexity index is 702. The smallest absolute Gasteiger partial charge is 0.449 e. The average molecular weight is 255 g/mol. The van der Waals surface area contributed by atoms with Gasteiger partial charge in [-0.05, 0) is 24.3 Å². The van der Waals surface area contributed by atoms with Gasteiger partial charge in [0.2, 0.25) is 0 Å². The zero-order valence-electron chi connectivity index (χ0n) is 10.1. The largest absolute Gasteiger partial charge is 0.870 e. The number of aromatic amines is 1. The lowest BCUT2D eigenvalue weighted by Gasteiger charge is -1.92. The Balaban J connectivity index is 0.00000133. The van der Waals surface area contributed by atoms with Crippen molar-refractivity contribution in [1.82, 2.24) is 9.67 Å². The molecule has 0 aliphatic heterocycles. The summed E-state index contributed by atoms with van der Waals surface area (Å²) in [4.78, 5) is 11.9. The van der Waals surface area contributed by atoms with Crippen LogP contribution in [0.1, 0.15) is 0 Å². The van der Waals surface area contributed by atoms with Gasteiger partial charge in [-0.3, -0.25) is 0 Å². The fourth-order valence-electron chi connectivity index (χ4n) is 1.85. The molecule has 0 aliphatic carbocycles. The minimum absolute atomic E-state index is 0. The maximum absolute atomic E-state index is 11.9. The van der Waals surface area contributed by atoms with E-state index >= 15 is 0 Å². The minimum Gasteiger partial charge on any atom is -0.870 e. The fourth-order valence-corrected chi connectivity index (χ4v) is 1.85. The Hall–Kier alpha value is -2.66. The summed E-state index contributed by atoms with van der Waals surface area (Å²) in [7, 11) is 0. The van der Waals surface area contributed by atoms with Gasteiger partial charge in [0, 0.05) is 0 Å². The number of rotatable bonds is 2. The monoisotopic (exact) mass is 255 g/mol. The summed E-state index contributed by atoms with van der Waals surface area (Å²) in [6.07, 6.45) is 1.74. The van der Waals surface area contributed by atoms with Crippen LogP contribution in [0.5, 0.6) is 0 Å². The average Bonchev–Trinajstić information content (AvgIpc) is 2.83. The van der Waals surface area contributed by atoms with Gasteiger partial charge >= 0.3 is 5.69 Å². The molecule has 1 aromatic heterocycles. The molecule has 0 radical (unpaired) electrons. The standard InChI is InChI=1S/C14H11N3O.H2O/c18-14-15-17(13-9-5-2-6-10-13)11-16(14)12-7-3-1-4-8-12;/h1-11H;1H2. The van der Waals surface area contributed by atoms with Crippen molar-refractivity contribution in [3.05, 3.63) is 77.5 Å². The Kier molecular flexibility index (Phi) is 3.58. The van der Waals surface area contributed by atoms with E-state index in [4.69, 9.17) is 0 Å². The lowest BCUT2D eigenvalue weighted by Crippen LogP contribution is -2.33. The second-order valence-corrected chi connectivity index (χ2v) is 3.94. The molecule has 1 heterocycles. The lowest BCUT2D eigenvalue weighted by atomic mass is 10.3. The first-order valence-corrected chi connectivity index (χ1v) is 5.69. The van der Waals surface area contributed by atoms with E-state index in [1.807, 2.05) is 60.7 Å². The van der Waals surface area contributed by atoms with Gasteiger partial charge in [-0.25, -0.2) is 4.79 Å². The van der Waals surface area contributed by atoms with Crippen molar-refractivity contribution in [2.24, 2.45) is 0 Å². The molecule has 0 spiro atoms. The Morgan fingerprint density at radius 1 is 0.895 bits per heavy atom. The molecule has 0 amide bonds. The second kappa shape index (κ2) is 5.32. The summed E-state index contributed by atoms with van der Waals surface area (Å²) in [6.45, 7) is 0. The molecule has 0 saturated carbocycles. The molecule has 3 rings (SSSR count). The first-order chi connectivity index (χ1) is 8.84. The van der Waals surface area contributed by atoms with Crippen LogP contribution < -0.4 is 10.4 Å². The molecular weight excluding hydrogens is 242 g/mol. The summed E-state index contributed by atoms with van der Waals surface area (Å²) in [5.74, 6) is 0. The van der Waals surface area contributed by atoms with Crippen molar-refractivity contribution in [3.63, 3.8) is 0 Å². The maximum atomic E-state index is 11.9. The van der Waals surface area contributed by atoms with Gasteiger partial charge in [-0.15, -0.1) is 14.3 Å². The molecule has 19 heavy (non-hydrogen) atoms. The SMILES string of the molecule is O=c1[nH][n+](-c2ccccc2)cn1-c1ccccc1.[OH-]. The maximum Gasteiger partial charge on any atom is 0.449 e. The van der Waals surface area contributed by atoms with E-state index in [2.05, 4.69) is 5.10 Å². The first-order valence-electron chi connectivity index (χ1n) is 5.69. The van der Waals surface area contributed by atoms with Crippen molar-refractivity contribution in [2.75, 3.05) is 0 Å².